The Hall–Kier alpha value is 1.51. The van der Waals surface area contributed by atoms with Gasteiger partial charge >= 0.3 is 51.4 Å². The number of hydrogen-bond acceptors (Lipinski definition) is 4. The van der Waals surface area contributed by atoms with Crippen molar-refractivity contribution in [3.8, 4) is 0 Å². The number of rotatable bonds is 22. The Morgan fingerprint density at radius 1 is 0.600 bits per heavy atom. The molecule has 0 rings (SSSR count). The molecule has 1 N–H and O–H groups in total. The first-order chi connectivity index (χ1) is 13.9. The maximum Gasteiger partial charge on any atom is 1.00 e. The van der Waals surface area contributed by atoms with Crippen LogP contribution in [-0.4, -0.2) is 29.4 Å². The van der Waals surface area contributed by atoms with Gasteiger partial charge in [0.15, 0.2) is 0 Å². The van der Waals surface area contributed by atoms with Gasteiger partial charge in [0.25, 0.3) is 0 Å². The number of aliphatic hydroxyl groups excluding tert-OH is 1. The predicted molar refractivity (Wildman–Crippen MR) is 123 cm³/mol. The summed E-state index contributed by atoms with van der Waals surface area (Å²) < 4.78 is 34.6. The summed E-state index contributed by atoms with van der Waals surface area (Å²) in [4.78, 5) is 0. The van der Waals surface area contributed by atoms with E-state index >= 15 is 0 Å². The Balaban J connectivity index is 0. The molecular weight excluding hydrogens is 423 g/mol. The van der Waals surface area contributed by atoms with Crippen LogP contribution in [0.15, 0.2) is 0 Å². The van der Waals surface area contributed by atoms with E-state index in [1.54, 1.807) is 0 Å². The van der Waals surface area contributed by atoms with Crippen LogP contribution in [0.1, 0.15) is 142 Å². The Labute approximate surface area is 230 Å². The minimum atomic E-state index is -4.21. The van der Waals surface area contributed by atoms with Crippen molar-refractivity contribution < 1.29 is 69.5 Å². The molecule has 4 nitrogen and oxygen atoms in total. The third-order valence-electron chi connectivity index (χ3n) is 5.99. The topological polar surface area (TPSA) is 77.4 Å². The molecule has 0 heterocycles. The molecule has 0 aliphatic rings. The fourth-order valence-corrected chi connectivity index (χ4v) is 4.91. The third-order valence-corrected chi connectivity index (χ3v) is 7.28. The van der Waals surface area contributed by atoms with Crippen molar-refractivity contribution in [2.75, 3.05) is 0 Å². The van der Waals surface area contributed by atoms with E-state index in [4.69, 9.17) is 0 Å². The molecule has 0 spiro atoms. The fourth-order valence-electron chi connectivity index (χ4n) is 4.00. The normalized spacial score (nSPS) is 13.7. The van der Waals surface area contributed by atoms with Crippen LogP contribution in [0.25, 0.3) is 0 Å². The van der Waals surface area contributed by atoms with Gasteiger partial charge in [-0.15, -0.1) is 0 Å². The smallest absolute Gasteiger partial charge is 0.748 e. The largest absolute Gasteiger partial charge is 1.00 e. The van der Waals surface area contributed by atoms with Crippen molar-refractivity contribution in [3.63, 3.8) is 0 Å². The molecule has 0 saturated heterocycles. The molecular formula is C24H49KO4S. The summed E-state index contributed by atoms with van der Waals surface area (Å²) in [6, 6.07) is 0. The van der Waals surface area contributed by atoms with Gasteiger partial charge in [-0.3, -0.25) is 0 Å². The maximum absolute atomic E-state index is 11.5. The summed E-state index contributed by atoms with van der Waals surface area (Å²) in [5.41, 5.74) is 0. The van der Waals surface area contributed by atoms with Gasteiger partial charge in [-0.05, 0) is 25.7 Å². The van der Waals surface area contributed by atoms with E-state index in [2.05, 4.69) is 13.8 Å². The average molecular weight is 473 g/mol. The van der Waals surface area contributed by atoms with Gasteiger partial charge in [0.05, 0.1) is 16.2 Å². The van der Waals surface area contributed by atoms with Crippen LogP contribution in [0.4, 0.5) is 0 Å². The van der Waals surface area contributed by atoms with Crippen molar-refractivity contribution in [1.29, 1.82) is 0 Å². The Morgan fingerprint density at radius 3 is 1.33 bits per heavy atom. The molecule has 0 aromatic carbocycles. The molecule has 30 heavy (non-hydrogen) atoms. The van der Waals surface area contributed by atoms with E-state index < -0.39 is 15.4 Å². The zero-order chi connectivity index (χ0) is 21.8. The molecule has 0 aromatic rings. The van der Waals surface area contributed by atoms with E-state index in [1.807, 2.05) is 0 Å². The average Bonchev–Trinajstić information content (AvgIpc) is 2.66. The van der Waals surface area contributed by atoms with Gasteiger partial charge in [0, 0.05) is 5.25 Å². The standard InChI is InChI=1S/C24H50O4S.K/c1-3-5-7-8-9-10-11-12-13-14-16-21-24(29(26,27)28)22-18-17-20-23(25)19-15-6-4-2;/h23-25H,3-22H2,1-2H3,(H,26,27,28);/q;+1/p-1. The van der Waals surface area contributed by atoms with E-state index in [1.165, 1.54) is 51.4 Å². The summed E-state index contributed by atoms with van der Waals surface area (Å²) >= 11 is 0. The summed E-state index contributed by atoms with van der Waals surface area (Å²) in [7, 11) is -4.21. The first kappa shape index (κ1) is 33.7. The first-order valence-electron chi connectivity index (χ1n) is 12.5. The molecule has 0 fully saturated rings. The van der Waals surface area contributed by atoms with Gasteiger partial charge in [-0.2, -0.15) is 0 Å². The van der Waals surface area contributed by atoms with Crippen LogP contribution in [0.2, 0.25) is 0 Å². The van der Waals surface area contributed by atoms with Crippen LogP contribution >= 0.6 is 0 Å². The second kappa shape index (κ2) is 23.7. The Bertz CT molecular complexity index is 442. The molecule has 176 valence electrons. The van der Waals surface area contributed by atoms with Crippen molar-refractivity contribution in [3.05, 3.63) is 0 Å². The van der Waals surface area contributed by atoms with Crippen LogP contribution in [-0.2, 0) is 10.1 Å². The Morgan fingerprint density at radius 2 is 0.900 bits per heavy atom. The van der Waals surface area contributed by atoms with Gasteiger partial charge in [0.2, 0.25) is 0 Å². The van der Waals surface area contributed by atoms with Crippen molar-refractivity contribution in [2.45, 2.75) is 154 Å². The molecule has 0 bridgehead atoms. The zero-order valence-corrected chi connectivity index (χ0v) is 24.3. The van der Waals surface area contributed by atoms with E-state index in [0.29, 0.717) is 19.3 Å². The molecule has 0 saturated carbocycles. The van der Waals surface area contributed by atoms with E-state index in [9.17, 15) is 18.1 Å². The number of aliphatic hydroxyl groups is 1. The molecule has 0 amide bonds. The van der Waals surface area contributed by atoms with Crippen molar-refractivity contribution in [2.24, 2.45) is 0 Å². The van der Waals surface area contributed by atoms with E-state index in [-0.39, 0.29) is 57.5 Å². The Kier molecular flexibility index (Phi) is 26.6. The van der Waals surface area contributed by atoms with Gasteiger partial charge < -0.3 is 9.66 Å². The van der Waals surface area contributed by atoms with Crippen molar-refractivity contribution >= 4 is 10.1 Å². The monoisotopic (exact) mass is 472 g/mol. The SMILES string of the molecule is CCCCCCCCCCCCCC(CCCCC(O)CCCCC)S(=O)(=O)[O-].[K+]. The van der Waals surface area contributed by atoms with Crippen LogP contribution in [0.3, 0.4) is 0 Å². The summed E-state index contributed by atoms with van der Waals surface area (Å²) in [6.07, 6.45) is 20.6. The first-order valence-corrected chi connectivity index (χ1v) is 14.0. The summed E-state index contributed by atoms with van der Waals surface area (Å²) in [5, 5.41) is 9.20. The second-order valence-corrected chi connectivity index (χ2v) is 10.5. The minimum Gasteiger partial charge on any atom is -0.748 e. The van der Waals surface area contributed by atoms with Gasteiger partial charge in [-0.1, -0.05) is 117 Å². The van der Waals surface area contributed by atoms with Crippen molar-refractivity contribution in [1.82, 2.24) is 0 Å². The summed E-state index contributed by atoms with van der Waals surface area (Å²) in [6.45, 7) is 4.38. The van der Waals surface area contributed by atoms with Gasteiger partial charge in [-0.25, -0.2) is 8.42 Å². The third kappa shape index (κ3) is 22.7. The maximum atomic E-state index is 11.5. The molecule has 0 aromatic heterocycles. The van der Waals surface area contributed by atoms with E-state index in [0.717, 1.165) is 57.8 Å². The fraction of sp³-hybridized carbons (Fsp3) is 1.00. The second-order valence-electron chi connectivity index (χ2n) is 8.87. The molecule has 2 atom stereocenters. The predicted octanol–water partition coefficient (Wildman–Crippen LogP) is 4.11. The van der Waals surface area contributed by atoms with Crippen LogP contribution in [0, 0.1) is 0 Å². The zero-order valence-electron chi connectivity index (χ0n) is 20.4. The van der Waals surface area contributed by atoms with Gasteiger partial charge in [0.1, 0.15) is 0 Å². The molecule has 6 heteroatoms. The molecule has 0 radical (unpaired) electrons. The van der Waals surface area contributed by atoms with Crippen LogP contribution < -0.4 is 51.4 Å². The minimum absolute atomic E-state index is 0. The quantitative estimate of drug-likeness (QED) is 0.146. The molecule has 0 aliphatic carbocycles. The number of hydrogen-bond donors (Lipinski definition) is 1. The summed E-state index contributed by atoms with van der Waals surface area (Å²) in [5.74, 6) is 0. The molecule has 2 unspecified atom stereocenters. The molecule has 0 aliphatic heterocycles. The van der Waals surface area contributed by atoms with Crippen LogP contribution in [0.5, 0.6) is 0 Å². The number of unbranched alkanes of at least 4 members (excludes halogenated alkanes) is 13.